The van der Waals surface area contributed by atoms with E-state index in [4.69, 9.17) is 21.1 Å². The highest BCUT2D eigenvalue weighted by Crippen LogP contribution is 2.34. The van der Waals surface area contributed by atoms with Gasteiger partial charge in [0.15, 0.2) is 11.5 Å². The number of rotatable bonds is 9. The number of aromatic hydroxyl groups is 1. The van der Waals surface area contributed by atoms with Gasteiger partial charge in [-0.3, -0.25) is 9.59 Å². The Morgan fingerprint density at radius 1 is 1.06 bits per heavy atom. The largest absolute Gasteiger partial charge is 0.508 e. The van der Waals surface area contributed by atoms with Crippen molar-refractivity contribution in [2.45, 2.75) is 38.6 Å². The molecule has 0 saturated carbocycles. The quantitative estimate of drug-likeness (QED) is 0.356. The number of hydrazine groups is 1. The second kappa shape index (κ2) is 14.0. The molecule has 2 fully saturated rings. The molecule has 2 saturated heterocycles. The number of halogens is 1. The number of likely N-dealkylation sites (N-methyl/N-ethyl adjacent to an activating group) is 1. The molecule has 2 aliphatic heterocycles. The fraction of sp³-hybridized carbons (Fsp3) is 0.382. The Hall–Kier alpha value is -4.68. The lowest BCUT2D eigenvalue weighted by Crippen LogP contribution is -2.76. The van der Waals surface area contributed by atoms with Crippen LogP contribution < -0.4 is 19.7 Å². The smallest absolute Gasteiger partial charge is 0.334 e. The lowest BCUT2D eigenvalue weighted by molar-refractivity contribution is -0.187. The molecule has 47 heavy (non-hydrogen) atoms. The van der Waals surface area contributed by atoms with Crippen molar-refractivity contribution >= 4 is 35.1 Å². The van der Waals surface area contributed by atoms with Gasteiger partial charge >= 0.3 is 6.03 Å². The molecule has 3 aromatic carbocycles. The number of nitrogens with zero attached hydrogens (tertiary/aromatic N) is 5. The number of fused-ring (bicyclic) bond motifs is 1. The number of carbonyl (C=O) groups is 3. The van der Waals surface area contributed by atoms with E-state index in [9.17, 15) is 19.5 Å². The second-order valence-electron chi connectivity index (χ2n) is 12.0. The Morgan fingerprint density at radius 3 is 2.45 bits per heavy atom. The van der Waals surface area contributed by atoms with Crippen molar-refractivity contribution in [2.24, 2.45) is 0 Å². The fourth-order valence-corrected chi connectivity index (χ4v) is 6.91. The number of methoxy groups -OCH3 is 2. The van der Waals surface area contributed by atoms with E-state index in [0.717, 1.165) is 22.4 Å². The van der Waals surface area contributed by atoms with Crippen molar-refractivity contribution in [3.05, 3.63) is 81.9 Å². The molecule has 2 heterocycles. The van der Waals surface area contributed by atoms with Crippen LogP contribution in [0.15, 0.2) is 54.6 Å². The number of aryl methyl sites for hydroxylation is 1. The number of hydrogen-bond acceptors (Lipinski definition) is 8. The van der Waals surface area contributed by atoms with Gasteiger partial charge < -0.3 is 34.6 Å². The van der Waals surface area contributed by atoms with E-state index >= 15 is 0 Å². The highest BCUT2D eigenvalue weighted by molar-refractivity contribution is 6.30. The van der Waals surface area contributed by atoms with Gasteiger partial charge in [-0.2, -0.15) is 0 Å². The number of phenolic OH excluding ortho intramolecular Hbond substituents is 1. The molecule has 0 aliphatic carbocycles. The molecule has 0 aromatic heterocycles. The van der Waals surface area contributed by atoms with E-state index < -0.39 is 18.2 Å². The van der Waals surface area contributed by atoms with Gasteiger partial charge in [-0.1, -0.05) is 35.9 Å². The van der Waals surface area contributed by atoms with Gasteiger partial charge in [-0.25, -0.2) is 14.8 Å². The summed E-state index contributed by atoms with van der Waals surface area (Å²) in [5.74, 6) is 0.646. The van der Waals surface area contributed by atoms with Crippen molar-refractivity contribution < 1.29 is 29.0 Å². The Bertz CT molecular complexity index is 1650. The van der Waals surface area contributed by atoms with E-state index in [1.165, 1.54) is 17.0 Å². The number of anilines is 1. The van der Waals surface area contributed by atoms with Crippen LogP contribution in [0.1, 0.15) is 22.3 Å². The molecule has 4 amide bonds. The minimum Gasteiger partial charge on any atom is -0.508 e. The minimum absolute atomic E-state index is 0.0787. The molecule has 2 aliphatic rings. The third-order valence-corrected chi connectivity index (χ3v) is 8.80. The molecule has 2 N–H and O–H groups in total. The van der Waals surface area contributed by atoms with E-state index in [1.54, 1.807) is 54.4 Å². The molecular formula is C34H41ClN6O6. The van der Waals surface area contributed by atoms with Crippen LogP contribution in [-0.4, -0.2) is 103 Å². The molecule has 0 unspecified atom stereocenters. The topological polar surface area (TPSA) is 118 Å². The maximum atomic E-state index is 14.3. The van der Waals surface area contributed by atoms with Crippen molar-refractivity contribution in [2.75, 3.05) is 53.4 Å². The van der Waals surface area contributed by atoms with Crippen LogP contribution in [0.2, 0.25) is 5.02 Å². The molecule has 0 spiro atoms. The van der Waals surface area contributed by atoms with Gasteiger partial charge in [-0.15, -0.1) is 0 Å². The maximum absolute atomic E-state index is 14.3. The average Bonchev–Trinajstić information content (AvgIpc) is 3.02. The molecule has 0 radical (unpaired) electrons. The van der Waals surface area contributed by atoms with Gasteiger partial charge in [0.25, 0.3) is 0 Å². The Morgan fingerprint density at radius 2 is 1.79 bits per heavy atom. The van der Waals surface area contributed by atoms with Gasteiger partial charge in [0.2, 0.25) is 11.8 Å². The third kappa shape index (κ3) is 6.89. The molecule has 13 heteroatoms. The standard InChI is InChI=1S/C34H41ClN6O6/c1-21-14-25(35)16-24(31(21)37(2)3)18-39-19-29-40(27(33(39)44)15-22-10-12-26(42)13-11-22)30(43)20-38(4)41(29)34(45)36-17-23-8-7-9-28(46-5)32(23)47-6/h7-14,16,27,29,42H,15,17-20H2,1-6H3,(H,36,45)/t27-,29-/m0/s1. The van der Waals surface area contributed by atoms with E-state index in [2.05, 4.69) is 5.32 Å². The number of piperazine rings is 1. The van der Waals surface area contributed by atoms with Crippen molar-refractivity contribution in [1.29, 1.82) is 0 Å². The van der Waals surface area contributed by atoms with Crippen LogP contribution in [-0.2, 0) is 29.1 Å². The number of carbonyl (C=O) groups excluding carboxylic acids is 3. The van der Waals surface area contributed by atoms with Crippen molar-refractivity contribution in [3.8, 4) is 17.2 Å². The van der Waals surface area contributed by atoms with Crippen molar-refractivity contribution in [1.82, 2.24) is 25.1 Å². The molecular weight excluding hydrogens is 624 g/mol. The summed E-state index contributed by atoms with van der Waals surface area (Å²) in [4.78, 5) is 47.2. The molecule has 12 nitrogen and oxygen atoms in total. The van der Waals surface area contributed by atoms with Crippen LogP contribution in [0.3, 0.4) is 0 Å². The highest BCUT2D eigenvalue weighted by atomic mass is 35.5. The van der Waals surface area contributed by atoms with E-state index in [-0.39, 0.29) is 50.2 Å². The summed E-state index contributed by atoms with van der Waals surface area (Å²) in [6.07, 6.45) is -0.594. The summed E-state index contributed by atoms with van der Waals surface area (Å²) < 4.78 is 11.0. The fourth-order valence-electron chi connectivity index (χ4n) is 6.62. The number of benzene rings is 3. The molecule has 2 atom stereocenters. The Kier molecular flexibility index (Phi) is 10.0. The number of para-hydroxylation sites is 1. The zero-order chi connectivity index (χ0) is 34.0. The summed E-state index contributed by atoms with van der Waals surface area (Å²) in [5, 5.41) is 16.5. The Balaban J connectivity index is 1.50. The summed E-state index contributed by atoms with van der Waals surface area (Å²) >= 11 is 6.49. The Labute approximate surface area is 280 Å². The number of phenols is 1. The SMILES string of the molecule is COc1cccc(CNC(=O)N2[C@H]3CN(Cc4cc(Cl)cc(C)c4N(C)C)C(=O)[C@H](Cc4ccc(O)cc4)N3C(=O)CN2C)c1OC. The zero-order valence-corrected chi connectivity index (χ0v) is 28.2. The van der Waals surface area contributed by atoms with Crippen LogP contribution in [0.5, 0.6) is 17.2 Å². The number of ether oxygens (including phenoxy) is 2. The van der Waals surface area contributed by atoms with Gasteiger partial charge in [0.1, 0.15) is 18.0 Å². The predicted molar refractivity (Wildman–Crippen MR) is 178 cm³/mol. The first-order chi connectivity index (χ1) is 22.4. The first-order valence-corrected chi connectivity index (χ1v) is 15.6. The van der Waals surface area contributed by atoms with Gasteiger partial charge in [0, 0.05) is 56.9 Å². The molecule has 250 valence electrons. The van der Waals surface area contributed by atoms with Crippen LogP contribution in [0.4, 0.5) is 10.5 Å². The maximum Gasteiger partial charge on any atom is 0.334 e. The number of amides is 4. The monoisotopic (exact) mass is 664 g/mol. The van der Waals surface area contributed by atoms with Crippen LogP contribution in [0.25, 0.3) is 0 Å². The minimum atomic E-state index is -0.892. The lowest BCUT2D eigenvalue weighted by Gasteiger charge is -2.54. The first-order valence-electron chi connectivity index (χ1n) is 15.3. The third-order valence-electron chi connectivity index (χ3n) is 8.58. The number of nitrogens with one attached hydrogen (secondary N) is 1. The van der Waals surface area contributed by atoms with Crippen LogP contribution >= 0.6 is 11.6 Å². The normalized spacial score (nSPS) is 18.2. The molecule has 0 bridgehead atoms. The predicted octanol–water partition coefficient (Wildman–Crippen LogP) is 3.62. The van der Waals surface area contributed by atoms with Gasteiger partial charge in [0.05, 0.1) is 27.3 Å². The van der Waals surface area contributed by atoms with E-state index in [1.807, 2.05) is 50.2 Å². The molecule has 3 aromatic rings. The molecule has 5 rings (SSSR count). The highest BCUT2D eigenvalue weighted by Gasteiger charge is 2.50. The average molecular weight is 665 g/mol. The summed E-state index contributed by atoms with van der Waals surface area (Å²) in [7, 11) is 8.64. The van der Waals surface area contributed by atoms with E-state index in [0.29, 0.717) is 22.1 Å². The number of hydrogen-bond donors (Lipinski definition) is 2. The van der Waals surface area contributed by atoms with Gasteiger partial charge in [-0.05, 0) is 53.9 Å². The second-order valence-corrected chi connectivity index (χ2v) is 12.4. The lowest BCUT2D eigenvalue weighted by atomic mass is 9.97. The summed E-state index contributed by atoms with van der Waals surface area (Å²) in [6, 6.07) is 14.4. The number of urea groups is 1. The summed E-state index contributed by atoms with van der Waals surface area (Å²) in [5.41, 5.74) is 4.24. The first kappa shape index (κ1) is 33.7. The zero-order valence-electron chi connectivity index (χ0n) is 27.5. The van der Waals surface area contributed by atoms with Crippen LogP contribution in [0, 0.1) is 6.92 Å². The van der Waals surface area contributed by atoms with Crippen molar-refractivity contribution in [3.63, 3.8) is 0 Å². The summed E-state index contributed by atoms with van der Waals surface area (Å²) in [6.45, 7) is 2.31.